The highest BCUT2D eigenvalue weighted by Gasteiger charge is 1.71. The first-order valence-electron chi connectivity index (χ1n) is 0.957. The maximum atomic E-state index is 9.23. The van der Waals surface area contributed by atoms with Crippen LogP contribution in [0.1, 0.15) is 0 Å². The summed E-state index contributed by atoms with van der Waals surface area (Å²) in [4.78, 5) is 0. The maximum absolute atomic E-state index is 9.23. The Morgan fingerprint density at radius 1 is 1.67 bits per heavy atom. The molecule has 0 atom stereocenters. The van der Waals surface area contributed by atoms with E-state index in [0.717, 1.165) is 0 Å². The van der Waals surface area contributed by atoms with E-state index in [1.807, 2.05) is 0 Å². The van der Waals surface area contributed by atoms with Crippen LogP contribution in [-0.2, 0) is 10.5 Å². The van der Waals surface area contributed by atoms with Crippen LogP contribution < -0.4 is 5.84 Å². The predicted molar refractivity (Wildman–Crippen MR) is 16.7 cm³/mol. The van der Waals surface area contributed by atoms with Crippen molar-refractivity contribution in [2.24, 2.45) is 5.84 Å². The topological polar surface area (TPSA) is 86.2 Å². The molecule has 0 amide bonds. The van der Waals surface area contributed by atoms with Crippen molar-refractivity contribution in [1.29, 1.82) is 0 Å². The second kappa shape index (κ2) is 1.85. The Labute approximate surface area is 35.2 Å². The van der Waals surface area contributed by atoms with E-state index in [1.54, 1.807) is 0 Å². The molecule has 0 radical (unpaired) electrons. The third-order valence-electron chi connectivity index (χ3n) is 0.147. The molecule has 36 valence electrons. The first-order valence-corrected chi connectivity index (χ1v) is 1.99. The smallest absolute Gasteiger partial charge is 0.486 e. The summed E-state index contributed by atoms with van der Waals surface area (Å²) in [5, 5.41) is 9.23. The second-order valence-corrected chi connectivity index (χ2v) is 1.30. The van der Waals surface area contributed by atoms with Crippen molar-refractivity contribution in [2.75, 3.05) is 0 Å². The molecule has 0 unspecified atom stereocenters. The van der Waals surface area contributed by atoms with Gasteiger partial charge in [-0.05, 0) is 4.22 Å². The van der Waals surface area contributed by atoms with Crippen LogP contribution in [0.5, 0.6) is 0 Å². The SMILES string of the molecule is N[N+]([O-])=S(=O)=O. The fourth-order valence-electron chi connectivity index (χ4n) is 0. The van der Waals surface area contributed by atoms with Crippen molar-refractivity contribution in [3.8, 4) is 0 Å². The first kappa shape index (κ1) is 5.54. The Balaban J connectivity index is 4.58. The molecule has 0 saturated heterocycles. The van der Waals surface area contributed by atoms with Gasteiger partial charge in [0.15, 0.2) is 0 Å². The predicted octanol–water partition coefficient (Wildman–Crippen LogP) is -1.57. The van der Waals surface area contributed by atoms with E-state index in [1.165, 1.54) is 0 Å². The lowest BCUT2D eigenvalue weighted by Crippen LogP contribution is -2.08. The number of hydrogen-bond acceptors (Lipinski definition) is 3. The summed E-state index contributed by atoms with van der Waals surface area (Å²) in [6.07, 6.45) is 0. The molecule has 0 aromatic rings. The Hall–Kier alpha value is -0.460. The number of rotatable bonds is 0. The van der Waals surface area contributed by atoms with Gasteiger partial charge >= 0.3 is 10.5 Å². The van der Waals surface area contributed by atoms with Crippen LogP contribution in [0.4, 0.5) is 0 Å². The van der Waals surface area contributed by atoms with Crippen molar-refractivity contribution in [2.45, 2.75) is 0 Å². The summed E-state index contributed by atoms with van der Waals surface area (Å²) in [7, 11) is -2.81. The molecule has 6 heavy (non-hydrogen) atoms. The second-order valence-electron chi connectivity index (χ2n) is 0.502. The summed E-state index contributed by atoms with van der Waals surface area (Å²) in [6.45, 7) is 0. The van der Waals surface area contributed by atoms with E-state index in [2.05, 4.69) is 5.84 Å². The zero-order valence-electron chi connectivity index (χ0n) is 2.66. The molecule has 0 rings (SSSR count). The van der Waals surface area contributed by atoms with Gasteiger partial charge in [-0.25, -0.2) is 0 Å². The average molecular weight is 110 g/mol. The van der Waals surface area contributed by atoms with Crippen LogP contribution in [0.2, 0.25) is 0 Å². The van der Waals surface area contributed by atoms with Crippen LogP contribution in [0, 0.1) is 5.21 Å². The van der Waals surface area contributed by atoms with Gasteiger partial charge in [-0.1, -0.05) is 5.84 Å². The Morgan fingerprint density at radius 3 is 1.83 bits per heavy atom. The van der Waals surface area contributed by atoms with Crippen LogP contribution in [0.15, 0.2) is 0 Å². The normalized spacial score (nSPS) is 7.67. The highest BCUT2D eigenvalue weighted by molar-refractivity contribution is 7.58. The van der Waals surface area contributed by atoms with Gasteiger partial charge in [-0.3, -0.25) is 0 Å². The van der Waals surface area contributed by atoms with E-state index in [9.17, 15) is 13.6 Å². The molecule has 0 aliphatic rings. The van der Waals surface area contributed by atoms with Crippen molar-refractivity contribution in [3.05, 3.63) is 5.21 Å². The molecule has 0 aliphatic carbocycles. The maximum Gasteiger partial charge on any atom is 0.486 e. The van der Waals surface area contributed by atoms with Crippen molar-refractivity contribution in [1.82, 2.24) is 0 Å². The fraction of sp³-hybridized carbons (Fsp3) is 0. The molecule has 0 aromatic heterocycles. The van der Waals surface area contributed by atoms with Crippen molar-refractivity contribution in [3.63, 3.8) is 0 Å². The number of nitrogens with two attached hydrogens (primary N) is 1. The van der Waals surface area contributed by atoms with Gasteiger partial charge in [0.05, 0.1) is 0 Å². The van der Waals surface area contributed by atoms with E-state index >= 15 is 0 Å². The Bertz CT molecular complexity index is 140. The third-order valence-corrected chi connectivity index (χ3v) is 0.441. The van der Waals surface area contributed by atoms with Gasteiger partial charge in [-0.15, -0.1) is 8.42 Å². The van der Waals surface area contributed by atoms with Crippen molar-refractivity contribution < 1.29 is 12.6 Å². The molecular weight excluding hydrogens is 108 g/mol. The van der Waals surface area contributed by atoms with Crippen molar-refractivity contribution >= 4 is 10.5 Å². The van der Waals surface area contributed by atoms with Gasteiger partial charge in [0, 0.05) is 0 Å². The molecule has 5 nitrogen and oxygen atoms in total. The Kier molecular flexibility index (Phi) is 1.71. The number of hydrogen-bond donors (Lipinski definition) is 1. The van der Waals surface area contributed by atoms with Crippen LogP contribution in [0.3, 0.4) is 0 Å². The quantitative estimate of drug-likeness (QED) is 0.232. The lowest BCUT2D eigenvalue weighted by Gasteiger charge is -1.75. The molecule has 0 bridgehead atoms. The fourth-order valence-corrected chi connectivity index (χ4v) is 0. The third kappa shape index (κ3) is 1.82. The number of nitrogens with zero attached hydrogens (tertiary/aromatic N) is 1. The van der Waals surface area contributed by atoms with Gasteiger partial charge in [0.1, 0.15) is 0 Å². The molecule has 2 N–H and O–H groups in total. The summed E-state index contributed by atoms with van der Waals surface area (Å²) in [5.74, 6) is 4.10. The zero-order valence-corrected chi connectivity index (χ0v) is 3.47. The minimum Gasteiger partial charge on any atom is -0.512 e. The summed E-state index contributed by atoms with van der Waals surface area (Å²) < 4.78 is 17.7. The summed E-state index contributed by atoms with van der Waals surface area (Å²) in [5.41, 5.74) is 0. The lowest BCUT2D eigenvalue weighted by molar-refractivity contribution is -0.443. The van der Waals surface area contributed by atoms with E-state index < -0.39 is 14.7 Å². The standard InChI is InChI=1S/H2N2O3S/c1-2(3)6(4)5/h1H2. The highest BCUT2D eigenvalue weighted by atomic mass is 32.2. The lowest BCUT2D eigenvalue weighted by atomic mass is 12.8. The number of hydrazine groups is 1. The van der Waals surface area contributed by atoms with Crippen LogP contribution in [-0.4, -0.2) is 12.6 Å². The molecule has 0 heterocycles. The van der Waals surface area contributed by atoms with E-state index in [4.69, 9.17) is 0 Å². The molecule has 0 fully saturated rings. The molecule has 6 heteroatoms. The van der Waals surface area contributed by atoms with E-state index in [0.29, 0.717) is 0 Å². The molecule has 0 aliphatic heterocycles. The summed E-state index contributed by atoms with van der Waals surface area (Å²) in [6, 6.07) is 0. The van der Waals surface area contributed by atoms with E-state index in [-0.39, 0.29) is 0 Å². The molecule has 0 aromatic carbocycles. The first-order chi connectivity index (χ1) is 2.64. The van der Waals surface area contributed by atoms with Crippen LogP contribution in [0.25, 0.3) is 0 Å². The van der Waals surface area contributed by atoms with Crippen LogP contribution >= 0.6 is 0 Å². The van der Waals surface area contributed by atoms with Gasteiger partial charge in [0.25, 0.3) is 0 Å². The average Bonchev–Trinajstić information content (AvgIpc) is 1.36. The molecular formula is H2N2O3S. The molecule has 0 spiro atoms. The minimum atomic E-state index is -2.81. The monoisotopic (exact) mass is 110 g/mol. The van der Waals surface area contributed by atoms with Gasteiger partial charge in [-0.2, -0.15) is 0 Å². The zero-order chi connectivity index (χ0) is 5.15. The minimum absolute atomic E-state index is 0.667. The Morgan fingerprint density at radius 2 is 1.83 bits per heavy atom. The van der Waals surface area contributed by atoms with Gasteiger partial charge in [0.2, 0.25) is 0 Å². The summed E-state index contributed by atoms with van der Waals surface area (Å²) >= 11 is 0. The molecule has 0 saturated carbocycles. The largest absolute Gasteiger partial charge is 0.512 e. The highest BCUT2D eigenvalue weighted by Crippen LogP contribution is 1.41. The van der Waals surface area contributed by atoms with Gasteiger partial charge < -0.3 is 5.21 Å².